The average molecular weight is 315 g/mol. The molecule has 2 atom stereocenters. The highest BCUT2D eigenvalue weighted by atomic mass is 19.1. The van der Waals surface area contributed by atoms with Gasteiger partial charge in [0.25, 0.3) is 5.91 Å². The van der Waals surface area contributed by atoms with E-state index < -0.39 is 0 Å². The number of hydrogen-bond acceptors (Lipinski definition) is 2. The maximum absolute atomic E-state index is 14.0. The van der Waals surface area contributed by atoms with Crippen molar-refractivity contribution < 1.29 is 9.18 Å². The quantitative estimate of drug-likeness (QED) is 0.851. The second-order valence-corrected chi connectivity index (χ2v) is 6.66. The molecule has 1 aliphatic heterocycles. The summed E-state index contributed by atoms with van der Waals surface area (Å²) in [5.41, 5.74) is 1.59. The summed E-state index contributed by atoms with van der Waals surface area (Å²) >= 11 is 0. The lowest BCUT2D eigenvalue weighted by molar-refractivity contribution is 0.0622. The van der Waals surface area contributed by atoms with Crippen LogP contribution in [0.4, 0.5) is 4.39 Å². The average Bonchev–Trinajstić information content (AvgIpc) is 2.87. The second kappa shape index (κ2) is 6.14. The number of para-hydroxylation sites is 1. The van der Waals surface area contributed by atoms with Crippen LogP contribution in [0.25, 0.3) is 5.69 Å². The lowest BCUT2D eigenvalue weighted by Gasteiger charge is -2.34. The Bertz CT molecular complexity index is 715. The Balaban J connectivity index is 1.90. The molecule has 0 saturated carbocycles. The molecule has 1 saturated heterocycles. The van der Waals surface area contributed by atoms with Crippen LogP contribution in [-0.4, -0.2) is 33.7 Å². The standard InChI is InChI=1S/C18H22FN3O/c1-12-8-13(2)11-21(10-12)18(23)15-9-20-22(14(15)3)17-7-5-4-6-16(17)19/h4-7,9,12-13H,8,10-11H2,1-3H3. The number of piperidine rings is 1. The van der Waals surface area contributed by atoms with Gasteiger partial charge in [0.05, 0.1) is 17.5 Å². The number of carbonyl (C=O) groups is 1. The number of rotatable bonds is 2. The van der Waals surface area contributed by atoms with Gasteiger partial charge in [0.15, 0.2) is 0 Å². The molecule has 4 nitrogen and oxygen atoms in total. The fourth-order valence-electron chi connectivity index (χ4n) is 3.49. The molecule has 2 aromatic rings. The maximum atomic E-state index is 14.0. The Morgan fingerprint density at radius 1 is 1.22 bits per heavy atom. The van der Waals surface area contributed by atoms with Gasteiger partial charge in [-0.25, -0.2) is 9.07 Å². The molecule has 2 heterocycles. The zero-order valence-electron chi connectivity index (χ0n) is 13.8. The number of nitrogens with zero attached hydrogens (tertiary/aromatic N) is 3. The molecule has 122 valence electrons. The number of hydrogen-bond donors (Lipinski definition) is 0. The smallest absolute Gasteiger partial charge is 0.257 e. The van der Waals surface area contributed by atoms with E-state index in [-0.39, 0.29) is 11.7 Å². The lowest BCUT2D eigenvalue weighted by Crippen LogP contribution is -2.42. The minimum absolute atomic E-state index is 0.0107. The summed E-state index contributed by atoms with van der Waals surface area (Å²) in [6.07, 6.45) is 2.70. The molecule has 5 heteroatoms. The van der Waals surface area contributed by atoms with E-state index in [0.29, 0.717) is 28.8 Å². The van der Waals surface area contributed by atoms with Crippen LogP contribution in [0.1, 0.15) is 36.3 Å². The molecule has 1 aromatic heterocycles. The monoisotopic (exact) mass is 315 g/mol. The number of amides is 1. The predicted octanol–water partition coefficient (Wildman–Crippen LogP) is 3.44. The van der Waals surface area contributed by atoms with Crippen molar-refractivity contribution in [2.24, 2.45) is 11.8 Å². The molecule has 0 bridgehead atoms. The topological polar surface area (TPSA) is 38.1 Å². The summed E-state index contributed by atoms with van der Waals surface area (Å²) in [6.45, 7) is 7.70. The molecule has 1 aliphatic rings. The van der Waals surface area contributed by atoms with Gasteiger partial charge >= 0.3 is 0 Å². The Morgan fingerprint density at radius 3 is 2.52 bits per heavy atom. The number of benzene rings is 1. The van der Waals surface area contributed by atoms with Gasteiger partial charge in [0.2, 0.25) is 0 Å². The van der Waals surface area contributed by atoms with Gasteiger partial charge in [0, 0.05) is 13.1 Å². The SMILES string of the molecule is Cc1c(C(=O)N2CC(C)CC(C)C2)cnn1-c1ccccc1F. The molecule has 1 fully saturated rings. The van der Waals surface area contributed by atoms with Crippen LogP contribution in [-0.2, 0) is 0 Å². The van der Waals surface area contributed by atoms with Gasteiger partial charge in [-0.05, 0) is 37.3 Å². The van der Waals surface area contributed by atoms with Crippen LogP contribution in [0, 0.1) is 24.6 Å². The van der Waals surface area contributed by atoms with Gasteiger partial charge < -0.3 is 4.90 Å². The molecule has 3 rings (SSSR count). The Labute approximate surface area is 135 Å². The van der Waals surface area contributed by atoms with Crippen LogP contribution in [0.15, 0.2) is 30.5 Å². The fraction of sp³-hybridized carbons (Fsp3) is 0.444. The van der Waals surface area contributed by atoms with Crippen molar-refractivity contribution in [2.45, 2.75) is 27.2 Å². The van der Waals surface area contributed by atoms with E-state index in [9.17, 15) is 9.18 Å². The number of carbonyl (C=O) groups excluding carboxylic acids is 1. The highest BCUT2D eigenvalue weighted by Crippen LogP contribution is 2.24. The summed E-state index contributed by atoms with van der Waals surface area (Å²) in [5, 5.41) is 4.23. The van der Waals surface area contributed by atoms with Crippen molar-refractivity contribution in [1.29, 1.82) is 0 Å². The van der Waals surface area contributed by atoms with Gasteiger partial charge in [-0.2, -0.15) is 5.10 Å². The number of aromatic nitrogens is 2. The Hall–Kier alpha value is -2.17. The molecule has 2 unspecified atom stereocenters. The fourth-order valence-corrected chi connectivity index (χ4v) is 3.49. The largest absolute Gasteiger partial charge is 0.338 e. The number of likely N-dealkylation sites (tertiary alicyclic amines) is 1. The summed E-state index contributed by atoms with van der Waals surface area (Å²) in [6, 6.07) is 6.45. The molecule has 1 aromatic carbocycles. The second-order valence-electron chi connectivity index (χ2n) is 6.66. The Morgan fingerprint density at radius 2 is 1.87 bits per heavy atom. The van der Waals surface area contributed by atoms with Gasteiger partial charge in [0.1, 0.15) is 11.5 Å². The van der Waals surface area contributed by atoms with Crippen molar-refractivity contribution in [2.75, 3.05) is 13.1 Å². The summed E-state index contributed by atoms with van der Waals surface area (Å²) in [4.78, 5) is 14.7. The first-order valence-corrected chi connectivity index (χ1v) is 8.06. The van der Waals surface area contributed by atoms with E-state index in [1.54, 1.807) is 24.4 Å². The lowest BCUT2D eigenvalue weighted by atomic mass is 9.91. The maximum Gasteiger partial charge on any atom is 0.257 e. The van der Waals surface area contributed by atoms with E-state index in [0.717, 1.165) is 19.5 Å². The third-order valence-corrected chi connectivity index (χ3v) is 4.48. The van der Waals surface area contributed by atoms with E-state index >= 15 is 0 Å². The Kier molecular flexibility index (Phi) is 4.20. The van der Waals surface area contributed by atoms with E-state index in [1.165, 1.54) is 10.7 Å². The van der Waals surface area contributed by atoms with E-state index in [4.69, 9.17) is 0 Å². The minimum Gasteiger partial charge on any atom is -0.338 e. The van der Waals surface area contributed by atoms with E-state index in [1.807, 2.05) is 11.8 Å². The van der Waals surface area contributed by atoms with Crippen LogP contribution < -0.4 is 0 Å². The molecule has 0 spiro atoms. The zero-order valence-corrected chi connectivity index (χ0v) is 13.8. The first-order valence-electron chi connectivity index (χ1n) is 8.06. The highest BCUT2D eigenvalue weighted by molar-refractivity contribution is 5.95. The van der Waals surface area contributed by atoms with Crippen molar-refractivity contribution in [1.82, 2.24) is 14.7 Å². The predicted molar refractivity (Wildman–Crippen MR) is 87.1 cm³/mol. The van der Waals surface area contributed by atoms with Crippen molar-refractivity contribution in [3.05, 3.63) is 47.5 Å². The van der Waals surface area contributed by atoms with Crippen molar-refractivity contribution in [3.8, 4) is 5.69 Å². The molecule has 0 N–H and O–H groups in total. The minimum atomic E-state index is -0.349. The molecular formula is C18H22FN3O. The highest BCUT2D eigenvalue weighted by Gasteiger charge is 2.28. The third kappa shape index (κ3) is 3.00. The van der Waals surface area contributed by atoms with Crippen LogP contribution >= 0.6 is 0 Å². The third-order valence-electron chi connectivity index (χ3n) is 4.48. The van der Waals surface area contributed by atoms with E-state index in [2.05, 4.69) is 18.9 Å². The van der Waals surface area contributed by atoms with Gasteiger partial charge in [-0.1, -0.05) is 26.0 Å². The van der Waals surface area contributed by atoms with Crippen LogP contribution in [0.2, 0.25) is 0 Å². The molecule has 0 aliphatic carbocycles. The van der Waals surface area contributed by atoms with Crippen LogP contribution in [0.3, 0.4) is 0 Å². The van der Waals surface area contributed by atoms with Crippen molar-refractivity contribution in [3.63, 3.8) is 0 Å². The molecule has 0 radical (unpaired) electrons. The van der Waals surface area contributed by atoms with Gasteiger partial charge in [-0.15, -0.1) is 0 Å². The van der Waals surface area contributed by atoms with Crippen molar-refractivity contribution >= 4 is 5.91 Å². The van der Waals surface area contributed by atoms with Gasteiger partial charge in [-0.3, -0.25) is 4.79 Å². The number of halogens is 1. The zero-order chi connectivity index (χ0) is 16.6. The first-order chi connectivity index (χ1) is 11.0. The summed E-state index contributed by atoms with van der Waals surface area (Å²) in [5.74, 6) is 0.649. The molecular weight excluding hydrogens is 293 g/mol. The summed E-state index contributed by atoms with van der Waals surface area (Å²) < 4.78 is 15.5. The first kappa shape index (κ1) is 15.7. The summed E-state index contributed by atoms with van der Waals surface area (Å²) in [7, 11) is 0. The molecule has 23 heavy (non-hydrogen) atoms. The molecule has 1 amide bonds. The normalized spacial score (nSPS) is 21.5. The van der Waals surface area contributed by atoms with Crippen LogP contribution in [0.5, 0.6) is 0 Å².